The molecule has 8 heteroatoms. The third kappa shape index (κ3) is 6.66. The number of nitrogens with zero attached hydrogens (tertiary/aromatic N) is 1. The van der Waals surface area contributed by atoms with E-state index in [1.807, 2.05) is 56.3 Å². The summed E-state index contributed by atoms with van der Waals surface area (Å²) in [7, 11) is 1.54. The summed E-state index contributed by atoms with van der Waals surface area (Å²) < 4.78 is 12.3. The van der Waals surface area contributed by atoms with Gasteiger partial charge in [0.05, 0.1) is 13.3 Å². The van der Waals surface area contributed by atoms with Gasteiger partial charge >= 0.3 is 11.8 Å². The fraction of sp³-hybridized carbons (Fsp3) is 0.160. The van der Waals surface area contributed by atoms with Crippen molar-refractivity contribution in [2.24, 2.45) is 5.10 Å². The first-order valence-electron chi connectivity index (χ1n) is 10.1. The van der Waals surface area contributed by atoms with Crippen LogP contribution in [0.3, 0.4) is 0 Å². The number of hydrazone groups is 1. The molecule has 0 aliphatic heterocycles. The minimum Gasteiger partial charge on any atom is -0.493 e. The van der Waals surface area contributed by atoms with Crippen molar-refractivity contribution in [2.75, 3.05) is 12.4 Å². The van der Waals surface area contributed by atoms with Crippen LogP contribution in [0.15, 0.2) is 70.2 Å². The van der Waals surface area contributed by atoms with E-state index in [2.05, 4.69) is 31.8 Å². The summed E-state index contributed by atoms with van der Waals surface area (Å²) in [4.78, 5) is 24.3. The number of carbonyl (C=O) groups is 2. The second-order valence-electron chi connectivity index (χ2n) is 7.25. The highest BCUT2D eigenvalue weighted by molar-refractivity contribution is 9.10. The molecule has 0 aliphatic rings. The molecule has 33 heavy (non-hydrogen) atoms. The SMILES string of the molecule is COc1cc(/C=N\NC(=O)C(=O)Nc2c(C)cccc2C)ccc1OCc1ccc(Br)cc1. The molecule has 3 aromatic carbocycles. The Hall–Kier alpha value is -3.65. The van der Waals surface area contributed by atoms with Crippen molar-refractivity contribution in [2.45, 2.75) is 20.5 Å². The topological polar surface area (TPSA) is 89.0 Å². The summed E-state index contributed by atoms with van der Waals surface area (Å²) in [6.45, 7) is 4.11. The van der Waals surface area contributed by atoms with Gasteiger partial charge in [0.2, 0.25) is 0 Å². The van der Waals surface area contributed by atoms with Crippen LogP contribution in [0.25, 0.3) is 0 Å². The molecule has 3 aromatic rings. The molecule has 0 heterocycles. The van der Waals surface area contributed by atoms with Crippen molar-refractivity contribution in [3.8, 4) is 11.5 Å². The number of halogens is 1. The summed E-state index contributed by atoms with van der Waals surface area (Å²) >= 11 is 3.41. The maximum atomic E-state index is 12.2. The zero-order valence-corrected chi connectivity index (χ0v) is 20.1. The number of amides is 2. The number of hydrogen-bond acceptors (Lipinski definition) is 5. The first kappa shape index (κ1) is 24.0. The summed E-state index contributed by atoms with van der Waals surface area (Å²) in [6.07, 6.45) is 1.42. The molecule has 0 atom stereocenters. The van der Waals surface area contributed by atoms with E-state index in [1.54, 1.807) is 25.3 Å². The Kier molecular flexibility index (Phi) is 8.21. The van der Waals surface area contributed by atoms with Crippen LogP contribution in [0.2, 0.25) is 0 Å². The van der Waals surface area contributed by atoms with Gasteiger partial charge in [0, 0.05) is 10.2 Å². The van der Waals surface area contributed by atoms with Crippen LogP contribution in [-0.2, 0) is 16.2 Å². The van der Waals surface area contributed by atoms with Gasteiger partial charge in [0.15, 0.2) is 11.5 Å². The Balaban J connectivity index is 1.58. The summed E-state index contributed by atoms with van der Waals surface area (Å²) in [5.74, 6) is -0.557. The summed E-state index contributed by atoms with van der Waals surface area (Å²) in [6, 6.07) is 18.7. The Morgan fingerprint density at radius 2 is 1.67 bits per heavy atom. The number of anilines is 1. The van der Waals surface area contributed by atoms with E-state index in [9.17, 15) is 9.59 Å². The van der Waals surface area contributed by atoms with Crippen molar-refractivity contribution in [3.63, 3.8) is 0 Å². The first-order valence-corrected chi connectivity index (χ1v) is 10.9. The van der Waals surface area contributed by atoms with E-state index in [0.29, 0.717) is 29.4 Å². The zero-order chi connectivity index (χ0) is 23.8. The minimum atomic E-state index is -0.865. The molecule has 0 radical (unpaired) electrons. The molecule has 0 spiro atoms. The molecule has 0 saturated heterocycles. The quantitative estimate of drug-likeness (QED) is 0.273. The number of rotatable bonds is 7. The average Bonchev–Trinajstić information content (AvgIpc) is 2.81. The second kappa shape index (κ2) is 11.3. The smallest absolute Gasteiger partial charge is 0.329 e. The summed E-state index contributed by atoms with van der Waals surface area (Å²) in [5, 5.41) is 6.49. The van der Waals surface area contributed by atoms with Crippen LogP contribution in [0.5, 0.6) is 11.5 Å². The standard InChI is InChI=1S/C25H24BrN3O4/c1-16-5-4-6-17(2)23(16)28-24(30)25(31)29-27-14-19-9-12-21(22(13-19)32-3)33-15-18-7-10-20(26)11-8-18/h4-14H,15H2,1-3H3,(H,28,30)(H,29,31)/b27-14-. The highest BCUT2D eigenvalue weighted by Crippen LogP contribution is 2.28. The van der Waals surface area contributed by atoms with E-state index < -0.39 is 11.8 Å². The number of ether oxygens (including phenoxy) is 2. The predicted octanol–water partition coefficient (Wildman–Crippen LogP) is 4.74. The van der Waals surface area contributed by atoms with E-state index in [-0.39, 0.29) is 0 Å². The van der Waals surface area contributed by atoms with Crippen molar-refractivity contribution in [3.05, 3.63) is 87.4 Å². The second-order valence-corrected chi connectivity index (χ2v) is 8.16. The van der Waals surface area contributed by atoms with Crippen LogP contribution in [-0.4, -0.2) is 25.1 Å². The number of nitrogens with one attached hydrogen (secondary N) is 2. The Bertz CT molecular complexity index is 1160. The van der Waals surface area contributed by atoms with E-state index in [4.69, 9.17) is 9.47 Å². The number of benzene rings is 3. The zero-order valence-electron chi connectivity index (χ0n) is 18.5. The lowest BCUT2D eigenvalue weighted by atomic mass is 10.1. The lowest BCUT2D eigenvalue weighted by molar-refractivity contribution is -0.136. The fourth-order valence-electron chi connectivity index (χ4n) is 3.02. The largest absolute Gasteiger partial charge is 0.493 e. The van der Waals surface area contributed by atoms with Crippen molar-refractivity contribution in [1.29, 1.82) is 0 Å². The van der Waals surface area contributed by atoms with Gasteiger partial charge in [-0.2, -0.15) is 5.10 Å². The van der Waals surface area contributed by atoms with Crippen LogP contribution in [0, 0.1) is 13.8 Å². The molecule has 3 rings (SSSR count). The number of methoxy groups -OCH3 is 1. The highest BCUT2D eigenvalue weighted by atomic mass is 79.9. The van der Waals surface area contributed by atoms with Gasteiger partial charge in [-0.25, -0.2) is 5.43 Å². The van der Waals surface area contributed by atoms with Gasteiger partial charge in [-0.15, -0.1) is 0 Å². The predicted molar refractivity (Wildman–Crippen MR) is 132 cm³/mol. The van der Waals surface area contributed by atoms with Crippen LogP contribution < -0.4 is 20.2 Å². The number of carbonyl (C=O) groups excluding carboxylic acids is 2. The molecular weight excluding hydrogens is 486 g/mol. The Labute approximate surface area is 200 Å². The molecular formula is C25H24BrN3O4. The molecule has 0 aromatic heterocycles. The van der Waals surface area contributed by atoms with Crippen LogP contribution in [0.4, 0.5) is 5.69 Å². The molecule has 0 fully saturated rings. The monoisotopic (exact) mass is 509 g/mol. The first-order chi connectivity index (χ1) is 15.9. The van der Waals surface area contributed by atoms with E-state index in [0.717, 1.165) is 21.2 Å². The van der Waals surface area contributed by atoms with E-state index in [1.165, 1.54) is 6.21 Å². The van der Waals surface area contributed by atoms with Crippen LogP contribution in [0.1, 0.15) is 22.3 Å². The molecule has 170 valence electrons. The number of hydrogen-bond donors (Lipinski definition) is 2. The Morgan fingerprint density at radius 1 is 0.970 bits per heavy atom. The maximum absolute atomic E-state index is 12.2. The average molecular weight is 510 g/mol. The normalized spacial score (nSPS) is 10.7. The van der Waals surface area contributed by atoms with Crippen molar-refractivity contribution >= 4 is 39.6 Å². The van der Waals surface area contributed by atoms with Gasteiger partial charge in [-0.05, 0) is 66.4 Å². The van der Waals surface area contributed by atoms with Crippen LogP contribution >= 0.6 is 15.9 Å². The molecule has 0 unspecified atom stereocenters. The molecule has 7 nitrogen and oxygen atoms in total. The molecule has 0 bridgehead atoms. The fourth-order valence-corrected chi connectivity index (χ4v) is 3.29. The lowest BCUT2D eigenvalue weighted by Crippen LogP contribution is -2.32. The van der Waals surface area contributed by atoms with Crippen molar-refractivity contribution in [1.82, 2.24) is 5.43 Å². The van der Waals surface area contributed by atoms with Crippen molar-refractivity contribution < 1.29 is 19.1 Å². The van der Waals surface area contributed by atoms with Gasteiger partial charge in [-0.3, -0.25) is 9.59 Å². The molecule has 2 N–H and O–H groups in total. The highest BCUT2D eigenvalue weighted by Gasteiger charge is 2.15. The third-order valence-electron chi connectivity index (χ3n) is 4.80. The minimum absolute atomic E-state index is 0.391. The summed E-state index contributed by atoms with van der Waals surface area (Å²) in [5.41, 5.74) is 6.28. The molecule has 0 saturated carbocycles. The third-order valence-corrected chi connectivity index (χ3v) is 5.33. The van der Waals surface area contributed by atoms with E-state index >= 15 is 0 Å². The maximum Gasteiger partial charge on any atom is 0.329 e. The number of para-hydroxylation sites is 1. The number of aryl methyl sites for hydroxylation is 2. The molecule has 2 amide bonds. The van der Waals surface area contributed by atoms with Gasteiger partial charge in [-0.1, -0.05) is 46.3 Å². The van der Waals surface area contributed by atoms with Gasteiger partial charge in [0.25, 0.3) is 0 Å². The lowest BCUT2D eigenvalue weighted by Gasteiger charge is -2.11. The van der Waals surface area contributed by atoms with Gasteiger partial charge in [0.1, 0.15) is 6.61 Å². The van der Waals surface area contributed by atoms with Gasteiger partial charge < -0.3 is 14.8 Å². The molecule has 0 aliphatic carbocycles. The Morgan fingerprint density at radius 3 is 2.33 bits per heavy atom.